The Morgan fingerprint density at radius 2 is 1.71 bits per heavy atom. The van der Waals surface area contributed by atoms with Gasteiger partial charge in [-0.25, -0.2) is 0 Å². The molecule has 3 aromatic rings. The average molecular weight is 296 g/mol. The average Bonchev–Trinajstić information content (AvgIpc) is 2.52. The van der Waals surface area contributed by atoms with Crippen molar-refractivity contribution in [1.29, 1.82) is 0 Å². The van der Waals surface area contributed by atoms with Gasteiger partial charge >= 0.3 is 0 Å². The Kier molecular flexibility index (Phi) is 4.23. The summed E-state index contributed by atoms with van der Waals surface area (Å²) in [7, 11) is 0. The largest absolute Gasteiger partial charge is 0.306 e. The topological polar surface area (TPSA) is 12.0 Å². The van der Waals surface area contributed by atoms with Crippen LogP contribution in [0.5, 0.6) is 0 Å². The standard InChI is InChI=1S/C19H18ClN/c1-14(16-8-5-10-18(20)12-16)21-13-17-9-4-7-15-6-2-3-11-19(15)17/h2-12,14,21H,13H2,1H3. The molecule has 0 aliphatic heterocycles. The predicted octanol–water partition coefficient (Wildman–Crippen LogP) is 5.34. The second-order valence-corrected chi connectivity index (χ2v) is 5.73. The Morgan fingerprint density at radius 1 is 0.952 bits per heavy atom. The van der Waals surface area contributed by atoms with Crippen molar-refractivity contribution in [3.63, 3.8) is 0 Å². The summed E-state index contributed by atoms with van der Waals surface area (Å²) in [6.07, 6.45) is 0. The first-order valence-corrected chi connectivity index (χ1v) is 7.57. The number of rotatable bonds is 4. The molecule has 1 unspecified atom stereocenters. The van der Waals surface area contributed by atoms with Crippen molar-refractivity contribution in [3.05, 3.63) is 82.9 Å². The SMILES string of the molecule is CC(NCc1cccc2ccccc12)c1cccc(Cl)c1. The summed E-state index contributed by atoms with van der Waals surface area (Å²) in [4.78, 5) is 0. The van der Waals surface area contributed by atoms with Gasteiger partial charge in [0.25, 0.3) is 0 Å². The van der Waals surface area contributed by atoms with Crippen LogP contribution in [0.1, 0.15) is 24.1 Å². The molecule has 3 rings (SSSR count). The Labute approximate surface area is 130 Å². The Hall–Kier alpha value is -1.83. The van der Waals surface area contributed by atoms with Crippen LogP contribution >= 0.6 is 11.6 Å². The van der Waals surface area contributed by atoms with Crippen molar-refractivity contribution < 1.29 is 0 Å². The zero-order chi connectivity index (χ0) is 14.7. The first kappa shape index (κ1) is 14.1. The minimum Gasteiger partial charge on any atom is -0.306 e. The molecule has 3 aromatic carbocycles. The maximum Gasteiger partial charge on any atom is 0.0409 e. The summed E-state index contributed by atoms with van der Waals surface area (Å²) in [5.74, 6) is 0. The van der Waals surface area contributed by atoms with Crippen LogP contribution in [0.3, 0.4) is 0 Å². The third kappa shape index (κ3) is 3.26. The van der Waals surface area contributed by atoms with Gasteiger partial charge in [0.2, 0.25) is 0 Å². The zero-order valence-corrected chi connectivity index (χ0v) is 12.8. The van der Waals surface area contributed by atoms with Gasteiger partial charge in [-0.05, 0) is 41.0 Å². The van der Waals surface area contributed by atoms with Crippen molar-refractivity contribution in [2.24, 2.45) is 0 Å². The molecule has 0 saturated heterocycles. The maximum absolute atomic E-state index is 6.06. The molecule has 1 nitrogen and oxygen atoms in total. The highest BCUT2D eigenvalue weighted by Gasteiger charge is 2.06. The van der Waals surface area contributed by atoms with Crippen LogP contribution in [0, 0.1) is 0 Å². The Bertz CT molecular complexity index is 746. The molecule has 0 heterocycles. The summed E-state index contributed by atoms with van der Waals surface area (Å²) in [6, 6.07) is 23.2. The zero-order valence-electron chi connectivity index (χ0n) is 12.0. The summed E-state index contributed by atoms with van der Waals surface area (Å²) in [5.41, 5.74) is 2.53. The molecule has 0 aliphatic carbocycles. The summed E-state index contributed by atoms with van der Waals surface area (Å²) >= 11 is 6.06. The van der Waals surface area contributed by atoms with Crippen LogP contribution in [-0.4, -0.2) is 0 Å². The normalized spacial score (nSPS) is 12.5. The molecule has 0 saturated carbocycles. The highest BCUT2D eigenvalue weighted by Crippen LogP contribution is 2.21. The van der Waals surface area contributed by atoms with E-state index < -0.39 is 0 Å². The third-order valence-electron chi connectivity index (χ3n) is 3.83. The highest BCUT2D eigenvalue weighted by molar-refractivity contribution is 6.30. The van der Waals surface area contributed by atoms with Crippen LogP contribution in [0.15, 0.2) is 66.7 Å². The molecule has 2 heteroatoms. The summed E-state index contributed by atoms with van der Waals surface area (Å²) < 4.78 is 0. The van der Waals surface area contributed by atoms with Gasteiger partial charge in [-0.3, -0.25) is 0 Å². The molecule has 1 atom stereocenters. The number of fused-ring (bicyclic) bond motifs is 1. The van der Waals surface area contributed by atoms with E-state index in [1.165, 1.54) is 21.9 Å². The first-order valence-electron chi connectivity index (χ1n) is 7.19. The fourth-order valence-corrected chi connectivity index (χ4v) is 2.80. The number of benzene rings is 3. The lowest BCUT2D eigenvalue weighted by molar-refractivity contribution is 0.576. The van der Waals surface area contributed by atoms with E-state index in [0.29, 0.717) is 0 Å². The molecular formula is C19H18ClN. The monoisotopic (exact) mass is 295 g/mol. The maximum atomic E-state index is 6.06. The van der Waals surface area contributed by atoms with Crippen molar-refractivity contribution in [3.8, 4) is 0 Å². The highest BCUT2D eigenvalue weighted by atomic mass is 35.5. The van der Waals surface area contributed by atoms with Crippen LogP contribution in [0.25, 0.3) is 10.8 Å². The molecular weight excluding hydrogens is 278 g/mol. The van der Waals surface area contributed by atoms with Crippen LogP contribution in [-0.2, 0) is 6.54 Å². The van der Waals surface area contributed by atoms with Crippen LogP contribution in [0.2, 0.25) is 5.02 Å². The molecule has 21 heavy (non-hydrogen) atoms. The van der Waals surface area contributed by atoms with E-state index in [1.807, 2.05) is 18.2 Å². The summed E-state index contributed by atoms with van der Waals surface area (Å²) in [5, 5.41) is 6.95. The molecule has 1 N–H and O–H groups in total. The minimum atomic E-state index is 0.266. The molecule has 0 radical (unpaired) electrons. The van der Waals surface area contributed by atoms with Crippen molar-refractivity contribution in [2.45, 2.75) is 19.5 Å². The van der Waals surface area contributed by atoms with Crippen LogP contribution < -0.4 is 5.32 Å². The quantitative estimate of drug-likeness (QED) is 0.684. The smallest absolute Gasteiger partial charge is 0.0409 e. The van der Waals surface area contributed by atoms with E-state index >= 15 is 0 Å². The van der Waals surface area contributed by atoms with E-state index in [-0.39, 0.29) is 6.04 Å². The van der Waals surface area contributed by atoms with Gasteiger partial charge in [-0.1, -0.05) is 66.2 Å². The second-order valence-electron chi connectivity index (χ2n) is 5.30. The number of hydrogen-bond acceptors (Lipinski definition) is 1. The lowest BCUT2D eigenvalue weighted by atomic mass is 10.0. The summed E-state index contributed by atoms with van der Waals surface area (Å²) in [6.45, 7) is 3.01. The lowest BCUT2D eigenvalue weighted by Crippen LogP contribution is -2.18. The minimum absolute atomic E-state index is 0.266. The fraction of sp³-hybridized carbons (Fsp3) is 0.158. The second kappa shape index (κ2) is 6.30. The van der Waals surface area contributed by atoms with E-state index in [2.05, 4.69) is 60.8 Å². The molecule has 0 fully saturated rings. The van der Waals surface area contributed by atoms with Crippen molar-refractivity contribution in [2.75, 3.05) is 0 Å². The van der Waals surface area contributed by atoms with Gasteiger partial charge < -0.3 is 5.32 Å². The van der Waals surface area contributed by atoms with E-state index in [4.69, 9.17) is 11.6 Å². The first-order chi connectivity index (χ1) is 10.2. The molecule has 0 amide bonds. The molecule has 0 spiro atoms. The lowest BCUT2D eigenvalue weighted by Gasteiger charge is -2.15. The number of hydrogen-bond donors (Lipinski definition) is 1. The Morgan fingerprint density at radius 3 is 2.57 bits per heavy atom. The van der Waals surface area contributed by atoms with E-state index in [1.54, 1.807) is 0 Å². The fourth-order valence-electron chi connectivity index (χ4n) is 2.60. The molecule has 106 valence electrons. The van der Waals surface area contributed by atoms with E-state index in [9.17, 15) is 0 Å². The number of halogens is 1. The Balaban J connectivity index is 1.77. The van der Waals surface area contributed by atoms with Crippen LogP contribution in [0.4, 0.5) is 0 Å². The van der Waals surface area contributed by atoms with Gasteiger partial charge in [-0.15, -0.1) is 0 Å². The van der Waals surface area contributed by atoms with E-state index in [0.717, 1.165) is 11.6 Å². The van der Waals surface area contributed by atoms with Gasteiger partial charge in [0.1, 0.15) is 0 Å². The van der Waals surface area contributed by atoms with Crippen molar-refractivity contribution in [1.82, 2.24) is 5.32 Å². The van der Waals surface area contributed by atoms with Crippen molar-refractivity contribution >= 4 is 22.4 Å². The molecule has 0 aliphatic rings. The predicted molar refractivity (Wildman–Crippen MR) is 90.7 cm³/mol. The van der Waals surface area contributed by atoms with Gasteiger partial charge in [-0.2, -0.15) is 0 Å². The molecule has 0 aromatic heterocycles. The van der Waals surface area contributed by atoms with Gasteiger partial charge in [0.05, 0.1) is 0 Å². The molecule has 0 bridgehead atoms. The van der Waals surface area contributed by atoms with Gasteiger partial charge in [0, 0.05) is 17.6 Å². The third-order valence-corrected chi connectivity index (χ3v) is 4.06. The number of nitrogens with one attached hydrogen (secondary N) is 1. The van der Waals surface area contributed by atoms with Gasteiger partial charge in [0.15, 0.2) is 0 Å².